The summed E-state index contributed by atoms with van der Waals surface area (Å²) < 4.78 is 1.73. The Morgan fingerprint density at radius 3 is 2.84 bits per heavy atom. The van der Waals surface area contributed by atoms with Crippen LogP contribution in [-0.2, 0) is 6.54 Å². The van der Waals surface area contributed by atoms with Gasteiger partial charge in [-0.2, -0.15) is 0 Å². The maximum atomic E-state index is 12.2. The largest absolute Gasteiger partial charge is 0.304 e. The van der Waals surface area contributed by atoms with E-state index >= 15 is 0 Å². The molecule has 6 heteroatoms. The molecule has 3 heterocycles. The maximum Gasteiger partial charge on any atom is 0.262 e. The molecule has 102 valence electrons. The Balaban J connectivity index is 1.68. The fourth-order valence-electron chi connectivity index (χ4n) is 2.37. The number of piperazine rings is 1. The molecular formula is C13H18N4OS. The van der Waals surface area contributed by atoms with E-state index in [0.717, 1.165) is 49.5 Å². The summed E-state index contributed by atoms with van der Waals surface area (Å²) in [5.74, 6) is 0. The van der Waals surface area contributed by atoms with Crippen molar-refractivity contribution in [2.24, 2.45) is 0 Å². The third kappa shape index (κ3) is 2.70. The van der Waals surface area contributed by atoms with Gasteiger partial charge in [-0.25, -0.2) is 4.98 Å². The molecule has 0 bridgehead atoms. The van der Waals surface area contributed by atoms with Crippen LogP contribution in [0.5, 0.6) is 0 Å². The molecule has 0 radical (unpaired) electrons. The quantitative estimate of drug-likeness (QED) is 0.829. The molecule has 0 amide bonds. The molecule has 1 aliphatic heterocycles. The van der Waals surface area contributed by atoms with Crippen LogP contribution in [0.2, 0.25) is 0 Å². The number of rotatable bonds is 3. The van der Waals surface area contributed by atoms with Crippen LogP contribution in [0.1, 0.15) is 0 Å². The number of hydrogen-bond donors (Lipinski definition) is 0. The highest BCUT2D eigenvalue weighted by Gasteiger charge is 2.13. The van der Waals surface area contributed by atoms with Crippen LogP contribution < -0.4 is 5.56 Å². The van der Waals surface area contributed by atoms with E-state index in [1.165, 1.54) is 11.3 Å². The topological polar surface area (TPSA) is 41.4 Å². The highest BCUT2D eigenvalue weighted by molar-refractivity contribution is 7.16. The molecule has 0 atom stereocenters. The van der Waals surface area contributed by atoms with Gasteiger partial charge in [0.25, 0.3) is 5.56 Å². The van der Waals surface area contributed by atoms with Gasteiger partial charge in [-0.3, -0.25) is 14.3 Å². The highest BCUT2D eigenvalue weighted by Crippen LogP contribution is 2.13. The van der Waals surface area contributed by atoms with Crippen LogP contribution >= 0.6 is 11.3 Å². The second kappa shape index (κ2) is 5.40. The van der Waals surface area contributed by atoms with Gasteiger partial charge in [-0.15, -0.1) is 11.3 Å². The van der Waals surface area contributed by atoms with E-state index in [9.17, 15) is 4.79 Å². The Hall–Kier alpha value is -1.24. The van der Waals surface area contributed by atoms with Crippen LogP contribution in [0.3, 0.4) is 0 Å². The SMILES string of the molecule is CN1CCN(CCn2cnc3sccc3c2=O)CC1. The van der Waals surface area contributed by atoms with Crippen molar-refractivity contribution in [2.45, 2.75) is 6.54 Å². The molecule has 0 aliphatic carbocycles. The van der Waals surface area contributed by atoms with Crippen molar-refractivity contribution in [2.75, 3.05) is 39.8 Å². The van der Waals surface area contributed by atoms with Crippen molar-refractivity contribution in [3.05, 3.63) is 28.1 Å². The van der Waals surface area contributed by atoms with Crippen LogP contribution in [0.25, 0.3) is 10.2 Å². The van der Waals surface area contributed by atoms with Gasteiger partial charge in [0, 0.05) is 39.3 Å². The number of fused-ring (bicyclic) bond motifs is 1. The average molecular weight is 278 g/mol. The van der Waals surface area contributed by atoms with Gasteiger partial charge < -0.3 is 4.90 Å². The highest BCUT2D eigenvalue weighted by atomic mass is 32.1. The molecule has 19 heavy (non-hydrogen) atoms. The lowest BCUT2D eigenvalue weighted by Crippen LogP contribution is -2.45. The fraction of sp³-hybridized carbons (Fsp3) is 0.538. The number of likely N-dealkylation sites (N-methyl/N-ethyl adjacent to an activating group) is 1. The zero-order chi connectivity index (χ0) is 13.2. The van der Waals surface area contributed by atoms with Crippen molar-refractivity contribution in [3.8, 4) is 0 Å². The fourth-order valence-corrected chi connectivity index (χ4v) is 3.10. The van der Waals surface area contributed by atoms with E-state index in [-0.39, 0.29) is 5.56 Å². The monoisotopic (exact) mass is 278 g/mol. The minimum atomic E-state index is 0.0837. The van der Waals surface area contributed by atoms with Gasteiger partial charge in [-0.05, 0) is 18.5 Å². The standard InChI is InChI=1S/C13H18N4OS/c1-15-3-5-16(6-4-15)7-8-17-10-14-12-11(13(17)18)2-9-19-12/h2,9-10H,3-8H2,1H3. The van der Waals surface area contributed by atoms with Gasteiger partial charge in [0.05, 0.1) is 11.7 Å². The molecule has 0 aromatic carbocycles. The third-order valence-electron chi connectivity index (χ3n) is 3.70. The van der Waals surface area contributed by atoms with Crippen LogP contribution in [0.15, 0.2) is 22.6 Å². The molecule has 0 unspecified atom stereocenters. The van der Waals surface area contributed by atoms with Gasteiger partial charge >= 0.3 is 0 Å². The smallest absolute Gasteiger partial charge is 0.262 e. The molecule has 0 saturated carbocycles. The first kappa shape index (κ1) is 12.8. The first-order chi connectivity index (χ1) is 9.24. The summed E-state index contributed by atoms with van der Waals surface area (Å²) in [5, 5.41) is 2.66. The van der Waals surface area contributed by atoms with Gasteiger partial charge in [0.1, 0.15) is 4.83 Å². The Labute approximate surface area is 116 Å². The number of hydrogen-bond acceptors (Lipinski definition) is 5. The lowest BCUT2D eigenvalue weighted by Gasteiger charge is -2.32. The minimum absolute atomic E-state index is 0.0837. The summed E-state index contributed by atoms with van der Waals surface area (Å²) >= 11 is 1.52. The predicted molar refractivity (Wildman–Crippen MR) is 77.8 cm³/mol. The van der Waals surface area contributed by atoms with Crippen molar-refractivity contribution < 1.29 is 0 Å². The Kier molecular flexibility index (Phi) is 3.63. The van der Waals surface area contributed by atoms with Gasteiger partial charge in [0.2, 0.25) is 0 Å². The van der Waals surface area contributed by atoms with Crippen LogP contribution in [0, 0.1) is 0 Å². The van der Waals surface area contributed by atoms with Gasteiger partial charge in [0.15, 0.2) is 0 Å². The summed E-state index contributed by atoms with van der Waals surface area (Å²) in [7, 11) is 2.15. The molecule has 2 aromatic heterocycles. The maximum absolute atomic E-state index is 12.2. The molecule has 0 N–H and O–H groups in total. The molecule has 1 fully saturated rings. The zero-order valence-electron chi connectivity index (χ0n) is 11.1. The predicted octanol–water partition coefficient (Wildman–Crippen LogP) is 0.705. The first-order valence-electron chi connectivity index (χ1n) is 6.57. The lowest BCUT2D eigenvalue weighted by atomic mass is 10.3. The molecular weight excluding hydrogens is 260 g/mol. The molecule has 2 aromatic rings. The molecule has 1 saturated heterocycles. The summed E-state index contributed by atoms with van der Waals surface area (Å²) in [6, 6.07) is 1.86. The summed E-state index contributed by atoms with van der Waals surface area (Å²) in [4.78, 5) is 22.1. The number of thiophene rings is 1. The van der Waals surface area contributed by atoms with E-state index in [1.54, 1.807) is 10.9 Å². The van der Waals surface area contributed by atoms with Crippen molar-refractivity contribution in [3.63, 3.8) is 0 Å². The normalized spacial score (nSPS) is 18.2. The van der Waals surface area contributed by atoms with E-state index in [4.69, 9.17) is 0 Å². The number of aromatic nitrogens is 2. The molecule has 1 aliphatic rings. The van der Waals surface area contributed by atoms with Crippen molar-refractivity contribution in [1.82, 2.24) is 19.4 Å². The molecule has 0 spiro atoms. The zero-order valence-corrected chi connectivity index (χ0v) is 11.9. The Bertz CT molecular complexity index is 612. The van der Waals surface area contributed by atoms with Crippen molar-refractivity contribution in [1.29, 1.82) is 0 Å². The van der Waals surface area contributed by atoms with Crippen molar-refractivity contribution >= 4 is 21.6 Å². The van der Waals surface area contributed by atoms with E-state index < -0.39 is 0 Å². The molecule has 5 nitrogen and oxygen atoms in total. The van der Waals surface area contributed by atoms with Gasteiger partial charge in [-0.1, -0.05) is 0 Å². The van der Waals surface area contributed by atoms with E-state index in [0.29, 0.717) is 0 Å². The second-order valence-corrected chi connectivity index (χ2v) is 5.92. The average Bonchev–Trinajstić information content (AvgIpc) is 2.89. The lowest BCUT2D eigenvalue weighted by molar-refractivity contribution is 0.149. The molecule has 3 rings (SSSR count). The van der Waals surface area contributed by atoms with Crippen LogP contribution in [0.4, 0.5) is 0 Å². The summed E-state index contributed by atoms with van der Waals surface area (Å²) in [5.41, 5.74) is 0.0837. The third-order valence-corrected chi connectivity index (χ3v) is 4.52. The van der Waals surface area contributed by atoms with Crippen LogP contribution in [-0.4, -0.2) is 59.1 Å². The second-order valence-electron chi connectivity index (χ2n) is 5.03. The van der Waals surface area contributed by atoms with E-state index in [1.807, 2.05) is 11.4 Å². The minimum Gasteiger partial charge on any atom is -0.304 e. The summed E-state index contributed by atoms with van der Waals surface area (Å²) in [6.07, 6.45) is 1.68. The Morgan fingerprint density at radius 2 is 2.05 bits per heavy atom. The van der Waals surface area contributed by atoms with E-state index in [2.05, 4.69) is 21.8 Å². The number of nitrogens with zero attached hydrogens (tertiary/aromatic N) is 4. The first-order valence-corrected chi connectivity index (χ1v) is 7.45. The Morgan fingerprint density at radius 1 is 1.26 bits per heavy atom. The summed E-state index contributed by atoms with van der Waals surface area (Å²) in [6.45, 7) is 6.03.